The number of carbonyl (C=O) groups is 1. The zero-order valence-corrected chi connectivity index (χ0v) is 7.10. The van der Waals surface area contributed by atoms with Crippen LogP contribution in [0.5, 0.6) is 0 Å². The van der Waals surface area contributed by atoms with Crippen molar-refractivity contribution in [1.29, 1.82) is 0 Å². The van der Waals surface area contributed by atoms with Crippen molar-refractivity contribution in [3.8, 4) is 0 Å². The highest BCUT2D eigenvalue weighted by molar-refractivity contribution is 5.72. The molecule has 5 heteroatoms. The predicted octanol–water partition coefficient (Wildman–Crippen LogP) is -0.782. The average Bonchev–Trinajstić information content (AvgIpc) is 1.98. The molecule has 2 unspecified atom stereocenters. The summed E-state index contributed by atoms with van der Waals surface area (Å²) in [6, 6.07) is 0. The molecule has 0 amide bonds. The first-order valence-electron chi connectivity index (χ1n) is 3.60. The Kier molecular flexibility index (Phi) is 4.80. The molecule has 0 rings (SSSR count). The SMILES string of the molecule is COC(C[C@@H](O)C(C)O)C(=O)O. The van der Waals surface area contributed by atoms with E-state index in [1.165, 1.54) is 14.0 Å². The standard InChI is InChI=1S/C7H14O5/c1-4(8)5(9)3-6(12-2)7(10)11/h4-6,8-9H,3H2,1-2H3,(H,10,11)/t4?,5-,6?/m1/s1. The van der Waals surface area contributed by atoms with Crippen molar-refractivity contribution >= 4 is 5.97 Å². The number of carboxylic acid groups (broad SMARTS) is 1. The lowest BCUT2D eigenvalue weighted by Gasteiger charge is -2.17. The second kappa shape index (κ2) is 5.08. The molecule has 0 heterocycles. The fourth-order valence-corrected chi connectivity index (χ4v) is 0.714. The third kappa shape index (κ3) is 3.66. The van der Waals surface area contributed by atoms with Crippen LogP contribution in [0.3, 0.4) is 0 Å². The van der Waals surface area contributed by atoms with Gasteiger partial charge in [-0.25, -0.2) is 4.79 Å². The first kappa shape index (κ1) is 11.4. The van der Waals surface area contributed by atoms with Crippen molar-refractivity contribution < 1.29 is 24.9 Å². The fourth-order valence-electron chi connectivity index (χ4n) is 0.714. The monoisotopic (exact) mass is 178 g/mol. The van der Waals surface area contributed by atoms with Crippen LogP contribution in [0.1, 0.15) is 13.3 Å². The van der Waals surface area contributed by atoms with Gasteiger partial charge in [0.15, 0.2) is 6.10 Å². The number of hydrogen-bond donors (Lipinski definition) is 3. The predicted molar refractivity (Wildman–Crippen MR) is 40.7 cm³/mol. The van der Waals surface area contributed by atoms with Crippen LogP contribution < -0.4 is 0 Å². The molecule has 0 spiro atoms. The van der Waals surface area contributed by atoms with Crippen LogP contribution in [0.15, 0.2) is 0 Å². The Morgan fingerprint density at radius 1 is 1.50 bits per heavy atom. The lowest BCUT2D eigenvalue weighted by Crippen LogP contribution is -2.32. The number of hydrogen-bond acceptors (Lipinski definition) is 4. The minimum atomic E-state index is -1.14. The molecule has 0 saturated carbocycles. The van der Waals surface area contributed by atoms with E-state index in [4.69, 9.17) is 15.3 Å². The van der Waals surface area contributed by atoms with Crippen LogP contribution >= 0.6 is 0 Å². The Balaban J connectivity index is 3.94. The molecule has 5 nitrogen and oxygen atoms in total. The topological polar surface area (TPSA) is 87.0 Å². The number of rotatable bonds is 5. The maximum atomic E-state index is 10.4. The van der Waals surface area contributed by atoms with E-state index < -0.39 is 24.3 Å². The van der Waals surface area contributed by atoms with Crippen LogP contribution in [0.4, 0.5) is 0 Å². The molecule has 3 N–H and O–H groups in total. The van der Waals surface area contributed by atoms with Crippen molar-refractivity contribution in [3.05, 3.63) is 0 Å². The van der Waals surface area contributed by atoms with E-state index in [0.29, 0.717) is 0 Å². The average molecular weight is 178 g/mol. The van der Waals surface area contributed by atoms with E-state index in [2.05, 4.69) is 4.74 Å². The second-order valence-corrected chi connectivity index (χ2v) is 2.61. The maximum absolute atomic E-state index is 10.4. The van der Waals surface area contributed by atoms with Crippen LogP contribution in [-0.4, -0.2) is 46.7 Å². The normalized spacial score (nSPS) is 18.3. The Morgan fingerprint density at radius 3 is 2.25 bits per heavy atom. The fraction of sp³-hybridized carbons (Fsp3) is 0.857. The Morgan fingerprint density at radius 2 is 2.00 bits per heavy atom. The van der Waals surface area contributed by atoms with Gasteiger partial charge in [-0.2, -0.15) is 0 Å². The van der Waals surface area contributed by atoms with Crippen molar-refractivity contribution in [3.63, 3.8) is 0 Å². The molecule has 72 valence electrons. The lowest BCUT2D eigenvalue weighted by atomic mass is 10.1. The molecule has 0 aromatic heterocycles. The minimum Gasteiger partial charge on any atom is -0.479 e. The van der Waals surface area contributed by atoms with Crippen molar-refractivity contribution in [2.75, 3.05) is 7.11 Å². The Labute approximate surface area is 70.6 Å². The molecule has 0 aliphatic carbocycles. The number of ether oxygens (including phenoxy) is 1. The highest BCUT2D eigenvalue weighted by Crippen LogP contribution is 2.05. The van der Waals surface area contributed by atoms with Gasteiger partial charge in [-0.1, -0.05) is 0 Å². The van der Waals surface area contributed by atoms with E-state index in [1.54, 1.807) is 0 Å². The summed E-state index contributed by atoms with van der Waals surface area (Å²) in [6.07, 6.45) is -3.17. The van der Waals surface area contributed by atoms with E-state index in [1.807, 2.05) is 0 Å². The van der Waals surface area contributed by atoms with E-state index in [0.717, 1.165) is 0 Å². The molecule has 0 fully saturated rings. The van der Waals surface area contributed by atoms with Gasteiger partial charge in [0.25, 0.3) is 0 Å². The van der Waals surface area contributed by atoms with Gasteiger partial charge in [0, 0.05) is 13.5 Å². The van der Waals surface area contributed by atoms with Crippen molar-refractivity contribution in [2.24, 2.45) is 0 Å². The molecule has 0 aromatic rings. The highest BCUT2D eigenvalue weighted by atomic mass is 16.5. The molecule has 0 aliphatic rings. The van der Waals surface area contributed by atoms with Gasteiger partial charge >= 0.3 is 5.97 Å². The zero-order valence-electron chi connectivity index (χ0n) is 7.10. The summed E-state index contributed by atoms with van der Waals surface area (Å²) in [6.45, 7) is 1.39. The summed E-state index contributed by atoms with van der Waals surface area (Å²) in [5, 5.41) is 26.4. The quantitative estimate of drug-likeness (QED) is 0.514. The zero-order chi connectivity index (χ0) is 9.72. The number of aliphatic hydroxyl groups is 2. The summed E-state index contributed by atoms with van der Waals surface area (Å²) in [4.78, 5) is 10.4. The smallest absolute Gasteiger partial charge is 0.332 e. The first-order valence-corrected chi connectivity index (χ1v) is 3.60. The van der Waals surface area contributed by atoms with Gasteiger partial charge in [0.05, 0.1) is 12.2 Å². The molecular weight excluding hydrogens is 164 g/mol. The third-order valence-electron chi connectivity index (χ3n) is 1.57. The number of carboxylic acids is 1. The molecule has 12 heavy (non-hydrogen) atoms. The summed E-state index contributed by atoms with van der Waals surface area (Å²) < 4.78 is 4.56. The Hall–Kier alpha value is -0.650. The summed E-state index contributed by atoms with van der Waals surface area (Å²) in [7, 11) is 1.24. The number of aliphatic carboxylic acids is 1. The molecule has 3 atom stereocenters. The molecule has 0 radical (unpaired) electrons. The number of aliphatic hydroxyl groups excluding tert-OH is 2. The van der Waals surface area contributed by atoms with Crippen molar-refractivity contribution in [1.82, 2.24) is 0 Å². The van der Waals surface area contributed by atoms with Crippen LogP contribution in [0.2, 0.25) is 0 Å². The first-order chi connectivity index (χ1) is 5.49. The molecule has 0 bridgehead atoms. The van der Waals surface area contributed by atoms with Crippen molar-refractivity contribution in [2.45, 2.75) is 31.7 Å². The van der Waals surface area contributed by atoms with Gasteiger partial charge in [-0.05, 0) is 6.92 Å². The molecule has 0 saturated heterocycles. The molecule has 0 aliphatic heterocycles. The minimum absolute atomic E-state index is 0.108. The highest BCUT2D eigenvalue weighted by Gasteiger charge is 2.23. The molecular formula is C7H14O5. The second-order valence-electron chi connectivity index (χ2n) is 2.61. The van der Waals surface area contributed by atoms with Gasteiger partial charge in [-0.3, -0.25) is 0 Å². The van der Waals surface area contributed by atoms with E-state index in [9.17, 15) is 4.79 Å². The van der Waals surface area contributed by atoms with Crippen LogP contribution in [-0.2, 0) is 9.53 Å². The summed E-state index contributed by atoms with van der Waals surface area (Å²) in [5.41, 5.74) is 0. The van der Waals surface area contributed by atoms with E-state index in [-0.39, 0.29) is 6.42 Å². The molecule has 0 aromatic carbocycles. The van der Waals surface area contributed by atoms with E-state index >= 15 is 0 Å². The van der Waals surface area contributed by atoms with Gasteiger partial charge < -0.3 is 20.1 Å². The van der Waals surface area contributed by atoms with Gasteiger partial charge in [0.1, 0.15) is 0 Å². The third-order valence-corrected chi connectivity index (χ3v) is 1.57. The van der Waals surface area contributed by atoms with Gasteiger partial charge in [-0.15, -0.1) is 0 Å². The summed E-state index contributed by atoms with van der Waals surface area (Å²) in [5.74, 6) is -1.14. The lowest BCUT2D eigenvalue weighted by molar-refractivity contribution is -0.151. The number of methoxy groups -OCH3 is 1. The Bertz CT molecular complexity index is 145. The summed E-state index contributed by atoms with van der Waals surface area (Å²) >= 11 is 0. The largest absolute Gasteiger partial charge is 0.479 e. The van der Waals surface area contributed by atoms with Crippen LogP contribution in [0, 0.1) is 0 Å². The maximum Gasteiger partial charge on any atom is 0.332 e. The van der Waals surface area contributed by atoms with Gasteiger partial charge in [0.2, 0.25) is 0 Å². The van der Waals surface area contributed by atoms with Crippen LogP contribution in [0.25, 0.3) is 0 Å².